The number of benzene rings is 2. The molecule has 0 saturated heterocycles. The molecule has 1 amide bonds. The molecule has 3 aromatic rings. The highest BCUT2D eigenvalue weighted by Gasteiger charge is 2.30. The topological polar surface area (TPSA) is 110 Å². The minimum absolute atomic E-state index is 0.0620. The molecule has 0 atom stereocenters. The zero-order valence-electron chi connectivity index (χ0n) is 19.2. The number of nitrogens with one attached hydrogen (secondary N) is 1. The summed E-state index contributed by atoms with van der Waals surface area (Å²) in [7, 11) is -4.08. The summed E-state index contributed by atoms with van der Waals surface area (Å²) >= 11 is 6.14. The van der Waals surface area contributed by atoms with Gasteiger partial charge in [-0.05, 0) is 67.3 Å². The molecule has 8 nitrogen and oxygen atoms in total. The van der Waals surface area contributed by atoms with Crippen LogP contribution in [0, 0.1) is 11.8 Å². The quantitative estimate of drug-likeness (QED) is 0.426. The van der Waals surface area contributed by atoms with Crippen molar-refractivity contribution < 1.29 is 13.2 Å². The van der Waals surface area contributed by atoms with E-state index in [4.69, 9.17) is 16.7 Å². The first kappa shape index (κ1) is 23.8. The van der Waals surface area contributed by atoms with Gasteiger partial charge in [-0.25, -0.2) is 18.2 Å². The van der Waals surface area contributed by atoms with Gasteiger partial charge in [-0.3, -0.25) is 4.79 Å². The Kier molecular flexibility index (Phi) is 6.57. The monoisotopic (exact) mass is 513 g/mol. The number of hydrogen-bond acceptors (Lipinski definition) is 5. The van der Waals surface area contributed by atoms with Crippen LogP contribution in [0.2, 0.25) is 5.02 Å². The molecule has 1 aromatic heterocycles. The van der Waals surface area contributed by atoms with Crippen LogP contribution in [-0.4, -0.2) is 37.2 Å². The van der Waals surface area contributed by atoms with E-state index in [0.29, 0.717) is 22.0 Å². The summed E-state index contributed by atoms with van der Waals surface area (Å²) in [6.45, 7) is 2.00. The number of sulfonamides is 1. The molecular weight excluding hydrogens is 486 g/mol. The molecule has 184 valence electrons. The summed E-state index contributed by atoms with van der Waals surface area (Å²) in [6, 6.07) is 11.7. The second-order valence-corrected chi connectivity index (χ2v) is 11.4. The van der Waals surface area contributed by atoms with Crippen LogP contribution in [0.15, 0.2) is 59.8 Å². The standard InChI is InChI=1S/C25H28ClN5O3S/c26-22-4-2-1-3-19(22)11-25(32)29-20-9-10-23(24(12-20)35(27,33)34)31-16-21(13-28-31)30(14-17-5-6-17)15-18-7-8-18/h1-4,9-10,12-13,16-18H,5-8,11,14-15H2,(H,29,32)(H2,27,33,34). The van der Waals surface area contributed by atoms with Crippen molar-refractivity contribution in [3.63, 3.8) is 0 Å². The van der Waals surface area contributed by atoms with E-state index in [9.17, 15) is 13.2 Å². The third-order valence-corrected chi connectivity index (χ3v) is 7.70. The fourth-order valence-electron chi connectivity index (χ4n) is 4.15. The Morgan fingerprint density at radius 3 is 2.43 bits per heavy atom. The van der Waals surface area contributed by atoms with Gasteiger partial charge in [-0.15, -0.1) is 0 Å². The molecular formula is C25H28ClN5O3S. The molecule has 2 aliphatic rings. The number of hydrogen-bond donors (Lipinski definition) is 2. The van der Waals surface area contributed by atoms with Crippen molar-refractivity contribution in [2.75, 3.05) is 23.3 Å². The maximum Gasteiger partial charge on any atom is 0.240 e. The van der Waals surface area contributed by atoms with E-state index in [1.165, 1.54) is 36.4 Å². The number of nitrogens with zero attached hydrogens (tertiary/aromatic N) is 3. The lowest BCUT2D eigenvalue weighted by Gasteiger charge is -2.22. The highest BCUT2D eigenvalue weighted by atomic mass is 35.5. The maximum atomic E-state index is 12.5. The molecule has 3 N–H and O–H groups in total. The van der Waals surface area contributed by atoms with Gasteiger partial charge in [0, 0.05) is 23.8 Å². The number of halogens is 1. The summed E-state index contributed by atoms with van der Waals surface area (Å²) in [5.74, 6) is 1.14. The fourth-order valence-corrected chi connectivity index (χ4v) is 5.09. The Bertz CT molecular complexity index is 1330. The molecule has 0 bridgehead atoms. The van der Waals surface area contributed by atoms with Crippen molar-refractivity contribution in [3.05, 3.63) is 65.4 Å². The molecule has 10 heteroatoms. The number of carbonyl (C=O) groups is 1. The van der Waals surface area contributed by atoms with Gasteiger partial charge in [-0.2, -0.15) is 5.10 Å². The summed E-state index contributed by atoms with van der Waals surface area (Å²) in [5, 5.41) is 13.2. The first-order valence-corrected chi connectivity index (χ1v) is 13.7. The predicted molar refractivity (Wildman–Crippen MR) is 136 cm³/mol. The third kappa shape index (κ3) is 6.04. The van der Waals surface area contributed by atoms with Crippen LogP contribution in [0.1, 0.15) is 31.2 Å². The number of anilines is 2. The molecule has 2 fully saturated rings. The van der Waals surface area contributed by atoms with Crippen LogP contribution < -0.4 is 15.4 Å². The number of carbonyl (C=O) groups excluding carboxylic acids is 1. The van der Waals surface area contributed by atoms with Gasteiger partial charge >= 0.3 is 0 Å². The molecule has 0 spiro atoms. The van der Waals surface area contributed by atoms with Gasteiger partial charge in [0.25, 0.3) is 0 Å². The smallest absolute Gasteiger partial charge is 0.240 e. The van der Waals surface area contributed by atoms with Gasteiger partial charge in [0.1, 0.15) is 4.90 Å². The van der Waals surface area contributed by atoms with Crippen LogP contribution >= 0.6 is 11.6 Å². The second-order valence-electron chi connectivity index (χ2n) is 9.48. The summed E-state index contributed by atoms with van der Waals surface area (Å²) < 4.78 is 26.4. The molecule has 2 aromatic carbocycles. The van der Waals surface area contributed by atoms with Crippen molar-refractivity contribution in [1.29, 1.82) is 0 Å². The Labute approximate surface area is 210 Å². The van der Waals surface area contributed by atoms with Crippen LogP contribution in [0.3, 0.4) is 0 Å². The first-order chi connectivity index (χ1) is 16.8. The molecule has 0 radical (unpaired) electrons. The number of nitrogens with two attached hydrogens (primary N) is 1. The summed E-state index contributed by atoms with van der Waals surface area (Å²) in [6.07, 6.45) is 8.72. The van der Waals surface area contributed by atoms with E-state index in [1.54, 1.807) is 42.6 Å². The van der Waals surface area contributed by atoms with Gasteiger partial charge < -0.3 is 10.2 Å². The normalized spacial score (nSPS) is 15.7. The van der Waals surface area contributed by atoms with Crippen LogP contribution in [0.25, 0.3) is 5.69 Å². The van der Waals surface area contributed by atoms with E-state index < -0.39 is 10.0 Å². The Morgan fingerprint density at radius 2 is 1.80 bits per heavy atom. The fraction of sp³-hybridized carbons (Fsp3) is 0.360. The van der Waals surface area contributed by atoms with E-state index in [2.05, 4.69) is 15.3 Å². The van der Waals surface area contributed by atoms with Crippen molar-refractivity contribution >= 4 is 38.9 Å². The largest absolute Gasteiger partial charge is 0.368 e. The maximum absolute atomic E-state index is 12.5. The van der Waals surface area contributed by atoms with Crippen molar-refractivity contribution in [3.8, 4) is 5.69 Å². The minimum Gasteiger partial charge on any atom is -0.368 e. The van der Waals surface area contributed by atoms with E-state index in [1.807, 2.05) is 6.20 Å². The van der Waals surface area contributed by atoms with Crippen molar-refractivity contribution in [1.82, 2.24) is 9.78 Å². The number of aromatic nitrogens is 2. The minimum atomic E-state index is -4.08. The molecule has 0 unspecified atom stereocenters. The first-order valence-electron chi connectivity index (χ1n) is 11.8. The van der Waals surface area contributed by atoms with Crippen LogP contribution in [-0.2, 0) is 21.2 Å². The zero-order chi connectivity index (χ0) is 24.6. The SMILES string of the molecule is NS(=O)(=O)c1cc(NC(=O)Cc2ccccc2Cl)ccc1-n1cc(N(CC2CC2)CC2CC2)cn1. The highest BCUT2D eigenvalue weighted by Crippen LogP contribution is 2.36. The van der Waals surface area contributed by atoms with Crippen molar-refractivity contribution in [2.24, 2.45) is 17.0 Å². The van der Waals surface area contributed by atoms with E-state index >= 15 is 0 Å². The lowest BCUT2D eigenvalue weighted by Crippen LogP contribution is -2.27. The van der Waals surface area contributed by atoms with E-state index in [-0.39, 0.29) is 17.2 Å². The summed E-state index contributed by atoms with van der Waals surface area (Å²) in [5.41, 5.74) is 2.31. The van der Waals surface area contributed by atoms with Crippen LogP contribution in [0.4, 0.5) is 11.4 Å². The summed E-state index contributed by atoms with van der Waals surface area (Å²) in [4.78, 5) is 14.8. The molecule has 5 rings (SSSR count). The third-order valence-electron chi connectivity index (χ3n) is 6.39. The molecule has 35 heavy (non-hydrogen) atoms. The Morgan fingerprint density at radius 1 is 1.11 bits per heavy atom. The lowest BCUT2D eigenvalue weighted by atomic mass is 10.1. The second kappa shape index (κ2) is 9.64. The highest BCUT2D eigenvalue weighted by molar-refractivity contribution is 7.89. The predicted octanol–water partition coefficient (Wildman–Crippen LogP) is 3.98. The Hall–Kier alpha value is -2.88. The average Bonchev–Trinajstić information content (AvgIpc) is 3.74. The molecule has 2 saturated carbocycles. The van der Waals surface area contributed by atoms with E-state index in [0.717, 1.165) is 30.6 Å². The molecule has 1 heterocycles. The zero-order valence-corrected chi connectivity index (χ0v) is 20.8. The number of amides is 1. The molecule has 2 aliphatic carbocycles. The molecule has 0 aliphatic heterocycles. The van der Waals surface area contributed by atoms with Gasteiger partial charge in [0.15, 0.2) is 0 Å². The number of rotatable bonds is 10. The lowest BCUT2D eigenvalue weighted by molar-refractivity contribution is -0.115. The average molecular weight is 514 g/mol. The Balaban J connectivity index is 1.37. The van der Waals surface area contributed by atoms with Crippen LogP contribution in [0.5, 0.6) is 0 Å². The van der Waals surface area contributed by atoms with Gasteiger partial charge in [0.05, 0.1) is 30.2 Å². The number of primary sulfonamides is 1. The van der Waals surface area contributed by atoms with Gasteiger partial charge in [-0.1, -0.05) is 29.8 Å². The van der Waals surface area contributed by atoms with Gasteiger partial charge in [0.2, 0.25) is 15.9 Å². The van der Waals surface area contributed by atoms with Crippen molar-refractivity contribution in [2.45, 2.75) is 37.0 Å².